The molecule has 2 nitrogen and oxygen atoms in total. The van der Waals surface area contributed by atoms with Crippen molar-refractivity contribution in [2.75, 3.05) is 0 Å². The molecule has 0 aromatic rings. The van der Waals surface area contributed by atoms with Crippen LogP contribution in [0, 0.1) is 5.92 Å². The van der Waals surface area contributed by atoms with Crippen molar-refractivity contribution in [1.82, 2.24) is 0 Å². The Kier molecular flexibility index (Phi) is 10.9. The van der Waals surface area contributed by atoms with Gasteiger partial charge in [0.05, 0.1) is 12.2 Å². The number of hydrogen-bond donors (Lipinski definition) is 1. The SMILES string of the molecule is C=CCC(O)C(C)C(O[Si](C(C)C)(C(C)C)C(F)(F)C(F)(F)C(F)(F)C(F)(F)C(F)(F)F)/C(C)=C/C. The zero-order valence-corrected chi connectivity index (χ0v) is 22.0. The second kappa shape index (κ2) is 11.3. The second-order valence-electron chi connectivity index (χ2n) is 9.42. The first kappa shape index (κ1) is 34.8. The molecular formula is C22H33F11O2Si. The van der Waals surface area contributed by atoms with E-state index in [-0.39, 0.29) is 12.0 Å². The number of hydrogen-bond acceptors (Lipinski definition) is 2. The van der Waals surface area contributed by atoms with Crippen LogP contribution in [0.5, 0.6) is 0 Å². The van der Waals surface area contributed by atoms with Gasteiger partial charge in [0, 0.05) is 5.92 Å². The molecule has 1 N–H and O–H groups in total. The van der Waals surface area contributed by atoms with Gasteiger partial charge in [-0.2, -0.15) is 39.5 Å². The third kappa shape index (κ3) is 5.50. The fraction of sp³-hybridized carbons (Fsp3) is 0.818. The molecule has 0 fully saturated rings. The van der Waals surface area contributed by atoms with Crippen molar-refractivity contribution in [1.29, 1.82) is 0 Å². The molecule has 0 aliphatic rings. The molecule has 0 radical (unpaired) electrons. The van der Waals surface area contributed by atoms with Crippen molar-refractivity contribution < 1.29 is 57.8 Å². The van der Waals surface area contributed by atoms with Gasteiger partial charge in [-0.15, -0.1) is 6.58 Å². The number of allylic oxidation sites excluding steroid dienone is 1. The first-order chi connectivity index (χ1) is 15.9. The van der Waals surface area contributed by atoms with Crippen molar-refractivity contribution in [3.8, 4) is 0 Å². The maximum Gasteiger partial charge on any atom is 0.460 e. The van der Waals surface area contributed by atoms with Crippen molar-refractivity contribution in [3.63, 3.8) is 0 Å². The first-order valence-corrected chi connectivity index (χ1v) is 13.1. The average Bonchev–Trinajstić information content (AvgIpc) is 2.71. The summed E-state index contributed by atoms with van der Waals surface area (Å²) in [6, 6.07) is 0. The lowest BCUT2D eigenvalue weighted by Gasteiger charge is -2.50. The lowest BCUT2D eigenvalue weighted by Crippen LogP contribution is -2.76. The van der Waals surface area contributed by atoms with Gasteiger partial charge in [0.2, 0.25) is 0 Å². The summed E-state index contributed by atoms with van der Waals surface area (Å²) < 4.78 is 160. The fourth-order valence-corrected chi connectivity index (χ4v) is 9.08. The molecule has 214 valence electrons. The molecule has 0 aliphatic heterocycles. The number of aliphatic hydroxyl groups excluding tert-OH is 1. The molecule has 0 saturated carbocycles. The van der Waals surface area contributed by atoms with E-state index in [0.29, 0.717) is 0 Å². The van der Waals surface area contributed by atoms with Crippen LogP contribution in [0.1, 0.15) is 54.9 Å². The summed E-state index contributed by atoms with van der Waals surface area (Å²) in [7, 11) is -5.78. The van der Waals surface area contributed by atoms with Gasteiger partial charge < -0.3 is 9.53 Å². The van der Waals surface area contributed by atoms with Crippen LogP contribution in [0.15, 0.2) is 24.3 Å². The largest absolute Gasteiger partial charge is 0.460 e. The van der Waals surface area contributed by atoms with Gasteiger partial charge in [0.25, 0.3) is 8.32 Å². The van der Waals surface area contributed by atoms with Gasteiger partial charge in [-0.25, -0.2) is 8.78 Å². The van der Waals surface area contributed by atoms with Crippen LogP contribution in [0.2, 0.25) is 11.1 Å². The summed E-state index contributed by atoms with van der Waals surface area (Å²) in [6.07, 6.45) is -7.66. The third-order valence-electron chi connectivity index (χ3n) is 6.46. The maximum absolute atomic E-state index is 15.7. The highest BCUT2D eigenvalue weighted by molar-refractivity contribution is 6.79. The molecule has 3 unspecified atom stereocenters. The minimum absolute atomic E-state index is 0.0988. The first-order valence-electron chi connectivity index (χ1n) is 11.0. The van der Waals surface area contributed by atoms with E-state index in [1.54, 1.807) is 0 Å². The smallest absolute Gasteiger partial charge is 0.402 e. The van der Waals surface area contributed by atoms with E-state index >= 15 is 8.78 Å². The zero-order valence-electron chi connectivity index (χ0n) is 21.0. The summed E-state index contributed by atoms with van der Waals surface area (Å²) in [6.45, 7) is 11.1. The van der Waals surface area contributed by atoms with E-state index in [4.69, 9.17) is 4.43 Å². The monoisotopic (exact) mass is 566 g/mol. The van der Waals surface area contributed by atoms with E-state index in [1.165, 1.54) is 32.9 Å². The minimum atomic E-state index is -7.52. The highest BCUT2D eigenvalue weighted by Gasteiger charge is 2.90. The maximum atomic E-state index is 15.7. The normalized spacial score (nSPS) is 18.0. The molecule has 0 saturated heterocycles. The topological polar surface area (TPSA) is 29.5 Å². The fourth-order valence-electron chi connectivity index (χ4n) is 4.13. The van der Waals surface area contributed by atoms with E-state index in [0.717, 1.165) is 27.7 Å². The number of alkyl halides is 11. The summed E-state index contributed by atoms with van der Waals surface area (Å²) in [5, 5.41) is 10.4. The van der Waals surface area contributed by atoms with Crippen molar-refractivity contribution in [3.05, 3.63) is 24.3 Å². The predicted molar refractivity (Wildman–Crippen MR) is 116 cm³/mol. The molecule has 0 rings (SSSR count). The summed E-state index contributed by atoms with van der Waals surface area (Å²) in [5.41, 5.74) is -9.36. The van der Waals surface area contributed by atoms with Gasteiger partial charge in [-0.1, -0.05) is 46.8 Å². The highest BCUT2D eigenvalue weighted by atomic mass is 28.4. The number of rotatable bonds is 13. The van der Waals surface area contributed by atoms with Crippen LogP contribution in [0.4, 0.5) is 48.3 Å². The Bertz CT molecular complexity index is 768. The van der Waals surface area contributed by atoms with E-state index < -0.39 is 67.0 Å². The summed E-state index contributed by atoms with van der Waals surface area (Å²) >= 11 is 0. The van der Waals surface area contributed by atoms with Crippen LogP contribution >= 0.6 is 0 Å². The number of halogens is 11. The van der Waals surface area contributed by atoms with Gasteiger partial charge in [0.15, 0.2) is 0 Å². The van der Waals surface area contributed by atoms with Crippen molar-refractivity contribution in [2.24, 2.45) is 5.92 Å². The van der Waals surface area contributed by atoms with E-state index in [9.17, 15) is 44.6 Å². The molecule has 14 heteroatoms. The van der Waals surface area contributed by atoms with Crippen molar-refractivity contribution in [2.45, 2.75) is 108 Å². The molecule has 0 spiro atoms. The Balaban J connectivity index is 7.27. The third-order valence-corrected chi connectivity index (χ3v) is 11.8. The molecule has 0 aromatic carbocycles. The van der Waals surface area contributed by atoms with E-state index in [2.05, 4.69) is 6.58 Å². The summed E-state index contributed by atoms with van der Waals surface area (Å²) in [5.74, 6) is -23.3. The summed E-state index contributed by atoms with van der Waals surface area (Å²) in [4.78, 5) is 0. The van der Waals surface area contributed by atoms with Crippen LogP contribution in [-0.2, 0) is 4.43 Å². The van der Waals surface area contributed by atoms with Crippen LogP contribution in [-0.4, -0.2) is 55.1 Å². The standard InChI is InChI=1S/C22H33F11O2Si/c1-9-11-16(34)15(8)17(14(7)10-2)35-36(12(3)4,13(5)6)22(32,33)20(27,28)18(23,24)19(25,26)21(29,30)31/h9-10,12-13,15-17,34H,1,11H2,2-8H3/b14-10+. The molecule has 0 aromatic heterocycles. The average molecular weight is 567 g/mol. The Hall–Kier alpha value is -1.15. The molecule has 0 heterocycles. The van der Waals surface area contributed by atoms with Crippen LogP contribution < -0.4 is 0 Å². The van der Waals surface area contributed by atoms with Crippen LogP contribution in [0.3, 0.4) is 0 Å². The van der Waals surface area contributed by atoms with Gasteiger partial charge in [0.1, 0.15) is 0 Å². The lowest BCUT2D eigenvalue weighted by atomic mass is 9.91. The number of aliphatic hydroxyl groups is 1. The quantitative estimate of drug-likeness (QED) is 0.138. The molecular weight excluding hydrogens is 533 g/mol. The van der Waals surface area contributed by atoms with Gasteiger partial charge in [-0.3, -0.25) is 0 Å². The Morgan fingerprint density at radius 2 is 1.25 bits per heavy atom. The Labute approximate surface area is 204 Å². The van der Waals surface area contributed by atoms with Crippen molar-refractivity contribution >= 4 is 8.32 Å². The lowest BCUT2D eigenvalue weighted by molar-refractivity contribution is -0.415. The van der Waals surface area contributed by atoms with Gasteiger partial charge in [-0.05, 0) is 36.9 Å². The van der Waals surface area contributed by atoms with Gasteiger partial charge >= 0.3 is 29.5 Å². The molecule has 0 aliphatic carbocycles. The minimum Gasteiger partial charge on any atom is -0.402 e. The molecule has 3 atom stereocenters. The Morgan fingerprint density at radius 3 is 1.56 bits per heavy atom. The molecule has 0 bridgehead atoms. The Morgan fingerprint density at radius 1 is 0.833 bits per heavy atom. The zero-order chi connectivity index (χ0) is 29.3. The van der Waals surface area contributed by atoms with E-state index in [1.807, 2.05) is 0 Å². The highest BCUT2D eigenvalue weighted by Crippen LogP contribution is 2.62. The molecule has 0 amide bonds. The second-order valence-corrected chi connectivity index (χ2v) is 14.2. The molecule has 36 heavy (non-hydrogen) atoms. The predicted octanol–water partition coefficient (Wildman–Crippen LogP) is 8.32. The van der Waals surface area contributed by atoms with Crippen LogP contribution in [0.25, 0.3) is 0 Å².